The first kappa shape index (κ1) is 18.5. The Bertz CT molecular complexity index is 994. The minimum Gasteiger partial charge on any atom is -0.348 e. The van der Waals surface area contributed by atoms with Crippen molar-refractivity contribution in [2.24, 2.45) is 0 Å². The molecule has 5 nitrogen and oxygen atoms in total. The van der Waals surface area contributed by atoms with E-state index in [0.29, 0.717) is 16.3 Å². The molecule has 3 aromatic rings. The Kier molecular flexibility index (Phi) is 5.78. The van der Waals surface area contributed by atoms with Gasteiger partial charge >= 0.3 is 0 Å². The smallest absolute Gasteiger partial charge is 0.257 e. The molecule has 2 aromatic carbocycles. The molecule has 0 unspecified atom stereocenters. The van der Waals surface area contributed by atoms with Crippen molar-refractivity contribution >= 4 is 29.1 Å². The van der Waals surface area contributed by atoms with E-state index in [1.165, 1.54) is 24.5 Å². The number of carbonyl (C=O) groups is 2. The number of nitrogens with zero attached hydrogens (tertiary/aromatic N) is 1. The van der Waals surface area contributed by atoms with Gasteiger partial charge in [-0.25, -0.2) is 4.39 Å². The Balaban J connectivity index is 1.68. The first-order chi connectivity index (χ1) is 13.0. The number of rotatable bonds is 5. The van der Waals surface area contributed by atoms with Crippen LogP contribution >= 0.6 is 11.6 Å². The van der Waals surface area contributed by atoms with E-state index in [9.17, 15) is 14.0 Å². The molecule has 2 N–H and O–H groups in total. The highest BCUT2D eigenvalue weighted by molar-refractivity contribution is 6.31. The zero-order valence-corrected chi connectivity index (χ0v) is 14.8. The van der Waals surface area contributed by atoms with Gasteiger partial charge in [0.2, 0.25) is 0 Å². The monoisotopic (exact) mass is 383 g/mol. The molecular formula is C20H15ClFN3O2. The molecule has 0 aliphatic heterocycles. The predicted octanol–water partition coefficient (Wildman–Crippen LogP) is 4.06. The van der Waals surface area contributed by atoms with Crippen molar-refractivity contribution in [3.8, 4) is 0 Å². The Labute approximate surface area is 160 Å². The Morgan fingerprint density at radius 3 is 2.44 bits per heavy atom. The average Bonchev–Trinajstić information content (AvgIpc) is 2.67. The predicted molar refractivity (Wildman–Crippen MR) is 101 cm³/mol. The largest absolute Gasteiger partial charge is 0.348 e. The fourth-order valence-corrected chi connectivity index (χ4v) is 2.57. The lowest BCUT2D eigenvalue weighted by Gasteiger charge is -2.08. The SMILES string of the molecule is O=C(NCc1ccccc1F)c1cncc(C(=O)Nc2cccc(Cl)c2)c1. The van der Waals surface area contributed by atoms with E-state index in [1.54, 1.807) is 42.5 Å². The minimum atomic E-state index is -0.455. The Morgan fingerprint density at radius 1 is 0.963 bits per heavy atom. The number of amides is 2. The lowest BCUT2D eigenvalue weighted by atomic mass is 10.1. The Hall–Kier alpha value is -3.25. The van der Waals surface area contributed by atoms with Crippen LogP contribution in [-0.4, -0.2) is 16.8 Å². The van der Waals surface area contributed by atoms with E-state index in [-0.39, 0.29) is 17.7 Å². The summed E-state index contributed by atoms with van der Waals surface area (Å²) in [7, 11) is 0. The molecule has 0 aliphatic rings. The highest BCUT2D eigenvalue weighted by Crippen LogP contribution is 2.16. The van der Waals surface area contributed by atoms with Gasteiger partial charge in [0.05, 0.1) is 11.1 Å². The van der Waals surface area contributed by atoms with E-state index in [1.807, 2.05) is 0 Å². The molecule has 1 aromatic heterocycles. The number of halogens is 2. The molecule has 0 fully saturated rings. The molecule has 27 heavy (non-hydrogen) atoms. The molecule has 0 aliphatic carbocycles. The summed E-state index contributed by atoms with van der Waals surface area (Å²) in [6.45, 7) is 0.0322. The van der Waals surface area contributed by atoms with Gasteiger partial charge in [-0.2, -0.15) is 0 Å². The van der Waals surface area contributed by atoms with E-state index in [4.69, 9.17) is 11.6 Å². The van der Waals surface area contributed by atoms with Crippen LogP contribution < -0.4 is 10.6 Å². The number of anilines is 1. The van der Waals surface area contributed by atoms with Crippen LogP contribution in [0.1, 0.15) is 26.3 Å². The van der Waals surface area contributed by atoms with E-state index in [0.717, 1.165) is 0 Å². The summed E-state index contributed by atoms with van der Waals surface area (Å²) in [6, 6.07) is 14.3. The highest BCUT2D eigenvalue weighted by atomic mass is 35.5. The quantitative estimate of drug-likeness (QED) is 0.698. The fraction of sp³-hybridized carbons (Fsp3) is 0.0500. The van der Waals surface area contributed by atoms with Crippen LogP contribution in [0, 0.1) is 5.82 Å². The summed E-state index contributed by atoms with van der Waals surface area (Å²) in [6.07, 6.45) is 2.69. The third kappa shape index (κ3) is 4.89. The topological polar surface area (TPSA) is 71.1 Å². The second-order valence-corrected chi connectivity index (χ2v) is 6.14. The summed E-state index contributed by atoms with van der Waals surface area (Å²) in [4.78, 5) is 28.6. The molecule has 0 saturated carbocycles. The van der Waals surface area contributed by atoms with Gasteiger partial charge in [-0.15, -0.1) is 0 Å². The Morgan fingerprint density at radius 2 is 1.70 bits per heavy atom. The fourth-order valence-electron chi connectivity index (χ4n) is 2.38. The lowest BCUT2D eigenvalue weighted by molar-refractivity contribution is 0.0950. The van der Waals surface area contributed by atoms with Crippen molar-refractivity contribution in [3.05, 3.63) is 94.5 Å². The number of carbonyl (C=O) groups excluding carboxylic acids is 2. The van der Waals surface area contributed by atoms with Crippen molar-refractivity contribution in [1.29, 1.82) is 0 Å². The summed E-state index contributed by atoms with van der Waals surface area (Å²) in [5, 5.41) is 5.79. The van der Waals surface area contributed by atoms with Gasteiger partial charge in [-0.05, 0) is 30.3 Å². The molecule has 0 atom stereocenters. The van der Waals surface area contributed by atoms with Crippen LogP contribution in [0.4, 0.5) is 10.1 Å². The summed E-state index contributed by atoms with van der Waals surface area (Å²) < 4.78 is 13.6. The zero-order chi connectivity index (χ0) is 19.2. The van der Waals surface area contributed by atoms with E-state index >= 15 is 0 Å². The van der Waals surface area contributed by atoms with Crippen LogP contribution in [0.15, 0.2) is 67.0 Å². The van der Waals surface area contributed by atoms with Crippen LogP contribution in [-0.2, 0) is 6.54 Å². The number of pyridine rings is 1. The normalized spacial score (nSPS) is 10.3. The minimum absolute atomic E-state index is 0.0322. The first-order valence-corrected chi connectivity index (χ1v) is 8.44. The zero-order valence-electron chi connectivity index (χ0n) is 14.1. The maximum atomic E-state index is 13.6. The van der Waals surface area contributed by atoms with Crippen molar-refractivity contribution in [2.45, 2.75) is 6.54 Å². The van der Waals surface area contributed by atoms with Gasteiger partial charge in [0.1, 0.15) is 5.82 Å². The average molecular weight is 384 g/mol. The second kappa shape index (κ2) is 8.42. The van der Waals surface area contributed by atoms with Gasteiger partial charge in [0.15, 0.2) is 0 Å². The molecule has 0 bridgehead atoms. The second-order valence-electron chi connectivity index (χ2n) is 5.70. The van der Waals surface area contributed by atoms with Crippen molar-refractivity contribution in [1.82, 2.24) is 10.3 Å². The number of hydrogen-bond donors (Lipinski definition) is 2. The van der Waals surface area contributed by atoms with Crippen LogP contribution in [0.5, 0.6) is 0 Å². The number of hydrogen-bond acceptors (Lipinski definition) is 3. The highest BCUT2D eigenvalue weighted by Gasteiger charge is 2.12. The van der Waals surface area contributed by atoms with Crippen LogP contribution in [0.2, 0.25) is 5.02 Å². The molecule has 136 valence electrons. The lowest BCUT2D eigenvalue weighted by Crippen LogP contribution is -2.24. The molecular weight excluding hydrogens is 369 g/mol. The maximum Gasteiger partial charge on any atom is 0.257 e. The van der Waals surface area contributed by atoms with Crippen molar-refractivity contribution in [3.63, 3.8) is 0 Å². The van der Waals surface area contributed by atoms with E-state index in [2.05, 4.69) is 15.6 Å². The molecule has 0 radical (unpaired) electrons. The van der Waals surface area contributed by atoms with Crippen molar-refractivity contribution < 1.29 is 14.0 Å². The standard InChI is InChI=1S/C20H15ClFN3O2/c21-16-5-3-6-17(9-16)25-20(27)15-8-14(10-23-11-15)19(26)24-12-13-4-1-2-7-18(13)22/h1-11H,12H2,(H,24,26)(H,25,27). The number of benzene rings is 2. The molecule has 7 heteroatoms. The number of nitrogens with one attached hydrogen (secondary N) is 2. The van der Waals surface area contributed by atoms with Gasteiger partial charge in [0, 0.05) is 35.2 Å². The summed E-state index contributed by atoms with van der Waals surface area (Å²) >= 11 is 5.89. The molecule has 1 heterocycles. The molecule has 0 spiro atoms. The number of aromatic nitrogens is 1. The van der Waals surface area contributed by atoms with E-state index < -0.39 is 17.6 Å². The molecule has 2 amide bonds. The van der Waals surface area contributed by atoms with Crippen LogP contribution in [0.3, 0.4) is 0 Å². The third-order valence-corrected chi connectivity index (χ3v) is 3.98. The summed E-state index contributed by atoms with van der Waals surface area (Å²) in [5.74, 6) is -1.28. The van der Waals surface area contributed by atoms with Gasteiger partial charge in [-0.1, -0.05) is 35.9 Å². The van der Waals surface area contributed by atoms with Gasteiger partial charge in [-0.3, -0.25) is 14.6 Å². The van der Waals surface area contributed by atoms with Gasteiger partial charge in [0.25, 0.3) is 11.8 Å². The first-order valence-electron chi connectivity index (χ1n) is 8.06. The third-order valence-electron chi connectivity index (χ3n) is 3.74. The van der Waals surface area contributed by atoms with Crippen molar-refractivity contribution in [2.75, 3.05) is 5.32 Å². The maximum absolute atomic E-state index is 13.6. The van der Waals surface area contributed by atoms with Crippen LogP contribution in [0.25, 0.3) is 0 Å². The molecule has 3 rings (SSSR count). The summed E-state index contributed by atoms with van der Waals surface area (Å²) in [5.41, 5.74) is 1.31. The molecule has 0 saturated heterocycles. The van der Waals surface area contributed by atoms with Gasteiger partial charge < -0.3 is 10.6 Å².